The Balaban J connectivity index is 1.96. The summed E-state index contributed by atoms with van der Waals surface area (Å²) in [6, 6.07) is 7.21. The molecule has 0 unspecified atom stereocenters. The Morgan fingerprint density at radius 1 is 1.50 bits per heavy atom. The van der Waals surface area contributed by atoms with Crippen LogP contribution in [0.2, 0.25) is 5.02 Å². The zero-order chi connectivity index (χ0) is 14.4. The third-order valence-electron chi connectivity index (χ3n) is 2.30. The summed E-state index contributed by atoms with van der Waals surface area (Å²) < 4.78 is 4.98. The van der Waals surface area contributed by atoms with Gasteiger partial charge >= 0.3 is 6.01 Å². The Morgan fingerprint density at radius 3 is 3.10 bits per heavy atom. The van der Waals surface area contributed by atoms with E-state index in [0.29, 0.717) is 10.8 Å². The van der Waals surface area contributed by atoms with Gasteiger partial charge in [0.05, 0.1) is 13.1 Å². The van der Waals surface area contributed by atoms with E-state index in [4.69, 9.17) is 22.5 Å². The van der Waals surface area contributed by atoms with E-state index in [2.05, 4.69) is 26.7 Å². The lowest BCUT2D eigenvalue weighted by atomic mass is 10.2. The fourth-order valence-electron chi connectivity index (χ4n) is 1.41. The first-order valence-corrected chi connectivity index (χ1v) is 6.10. The predicted octanol–water partition coefficient (Wildman–Crippen LogP) is 1.55. The first-order valence-electron chi connectivity index (χ1n) is 5.72. The summed E-state index contributed by atoms with van der Waals surface area (Å²) in [5.74, 6) is 2.43. The number of rotatable bonds is 5. The maximum Gasteiger partial charge on any atom is 0.322 e. The fraction of sp³-hybridized carbons (Fsp3) is 0.154. The number of nitrogens with one attached hydrogen (secondary N) is 2. The second-order valence-corrected chi connectivity index (χ2v) is 4.20. The summed E-state index contributed by atoms with van der Waals surface area (Å²) in [5.41, 5.74) is 0.728. The molecule has 1 amide bonds. The van der Waals surface area contributed by atoms with Crippen LogP contribution >= 0.6 is 11.6 Å². The van der Waals surface area contributed by atoms with Crippen LogP contribution in [0.1, 0.15) is 0 Å². The molecule has 0 aliphatic heterocycles. The smallest absolute Gasteiger partial charge is 0.322 e. The Labute approximate surface area is 120 Å². The molecule has 0 radical (unpaired) electrons. The van der Waals surface area contributed by atoms with Gasteiger partial charge in [-0.3, -0.25) is 4.79 Å². The summed E-state index contributed by atoms with van der Waals surface area (Å²) in [6.45, 7) is 0.178. The third-order valence-corrected chi connectivity index (χ3v) is 2.53. The molecule has 20 heavy (non-hydrogen) atoms. The molecule has 2 aromatic rings. The van der Waals surface area contributed by atoms with Gasteiger partial charge in [0.2, 0.25) is 11.7 Å². The van der Waals surface area contributed by atoms with E-state index in [-0.39, 0.29) is 25.0 Å². The van der Waals surface area contributed by atoms with E-state index < -0.39 is 0 Å². The van der Waals surface area contributed by atoms with E-state index in [0.717, 1.165) is 5.56 Å². The van der Waals surface area contributed by atoms with Gasteiger partial charge in [-0.25, -0.2) is 0 Å². The number of hydrogen-bond donors (Lipinski definition) is 2. The Hall–Kier alpha value is -2.52. The minimum absolute atomic E-state index is 0.00113. The fourth-order valence-corrected chi connectivity index (χ4v) is 1.60. The van der Waals surface area contributed by atoms with Crippen LogP contribution in [0.15, 0.2) is 28.8 Å². The lowest BCUT2D eigenvalue weighted by Crippen LogP contribution is -2.30. The van der Waals surface area contributed by atoms with Crippen LogP contribution in [0.5, 0.6) is 0 Å². The number of nitrogens with zero attached hydrogens (tertiary/aromatic N) is 2. The number of benzene rings is 1. The van der Waals surface area contributed by atoms with Crippen molar-refractivity contribution in [1.29, 1.82) is 0 Å². The van der Waals surface area contributed by atoms with Crippen molar-refractivity contribution in [3.63, 3.8) is 0 Å². The molecule has 0 aliphatic carbocycles. The van der Waals surface area contributed by atoms with E-state index in [9.17, 15) is 4.79 Å². The minimum atomic E-state index is -0.259. The molecular weight excluding hydrogens is 280 g/mol. The van der Waals surface area contributed by atoms with Gasteiger partial charge in [0.1, 0.15) is 0 Å². The summed E-state index contributed by atoms with van der Waals surface area (Å²) >= 11 is 5.88. The lowest BCUT2D eigenvalue weighted by molar-refractivity contribution is -0.119. The summed E-state index contributed by atoms with van der Waals surface area (Å²) in [6.07, 6.45) is 5.03. The molecule has 7 heteroatoms. The highest BCUT2D eigenvalue weighted by Gasteiger charge is 2.09. The molecule has 0 saturated carbocycles. The van der Waals surface area contributed by atoms with Gasteiger partial charge in [0.15, 0.2) is 0 Å². The quantitative estimate of drug-likeness (QED) is 0.817. The van der Waals surface area contributed by atoms with Crippen LogP contribution < -0.4 is 10.6 Å². The summed E-state index contributed by atoms with van der Waals surface area (Å²) in [7, 11) is 0. The highest BCUT2D eigenvalue weighted by atomic mass is 35.5. The molecule has 102 valence electrons. The topological polar surface area (TPSA) is 80.0 Å². The number of hydrogen-bond acceptors (Lipinski definition) is 5. The maximum atomic E-state index is 11.3. The normalized spacial score (nSPS) is 9.80. The van der Waals surface area contributed by atoms with Crippen LogP contribution in [0.25, 0.3) is 11.4 Å². The van der Waals surface area contributed by atoms with Crippen LogP contribution in [0.3, 0.4) is 0 Å². The molecule has 1 aromatic carbocycles. The number of amides is 1. The molecule has 6 nitrogen and oxygen atoms in total. The van der Waals surface area contributed by atoms with E-state index in [1.165, 1.54) is 0 Å². The zero-order valence-corrected chi connectivity index (χ0v) is 11.1. The number of carbonyl (C=O) groups is 1. The number of terminal acetylenes is 1. The molecule has 1 aromatic heterocycles. The second kappa shape index (κ2) is 6.59. The van der Waals surface area contributed by atoms with Gasteiger partial charge in [-0.15, -0.1) is 6.42 Å². The van der Waals surface area contributed by atoms with E-state index >= 15 is 0 Å². The van der Waals surface area contributed by atoms with Crippen LogP contribution in [0.4, 0.5) is 6.01 Å². The Kier molecular flexibility index (Phi) is 4.58. The highest BCUT2D eigenvalue weighted by Crippen LogP contribution is 2.20. The van der Waals surface area contributed by atoms with Crippen molar-refractivity contribution in [1.82, 2.24) is 15.5 Å². The van der Waals surface area contributed by atoms with Gasteiger partial charge < -0.3 is 15.2 Å². The lowest BCUT2D eigenvalue weighted by Gasteiger charge is -2.00. The van der Waals surface area contributed by atoms with Crippen LogP contribution in [-0.2, 0) is 4.79 Å². The molecular formula is C13H11ClN4O2. The summed E-state index contributed by atoms with van der Waals surface area (Å²) in [5, 5.41) is 9.58. The number of aromatic nitrogens is 2. The molecule has 0 aliphatic rings. The second-order valence-electron chi connectivity index (χ2n) is 3.77. The monoisotopic (exact) mass is 290 g/mol. The average molecular weight is 291 g/mol. The highest BCUT2D eigenvalue weighted by molar-refractivity contribution is 6.30. The maximum absolute atomic E-state index is 11.3. The van der Waals surface area contributed by atoms with Crippen molar-refractivity contribution in [3.8, 4) is 23.7 Å². The molecule has 0 fully saturated rings. The van der Waals surface area contributed by atoms with Crippen molar-refractivity contribution in [2.75, 3.05) is 18.4 Å². The van der Waals surface area contributed by atoms with Crippen molar-refractivity contribution in [2.24, 2.45) is 0 Å². The standard InChI is InChI=1S/C13H11ClN4O2/c1-2-6-15-11(19)8-16-13-17-12(18-20-13)9-4-3-5-10(14)7-9/h1,3-5,7H,6,8H2,(H,15,19)(H,16,17,18). The van der Waals surface area contributed by atoms with Crippen molar-refractivity contribution >= 4 is 23.5 Å². The van der Waals surface area contributed by atoms with Gasteiger partial charge in [0.25, 0.3) is 0 Å². The number of halogens is 1. The molecule has 0 bridgehead atoms. The average Bonchev–Trinajstić information content (AvgIpc) is 2.92. The van der Waals surface area contributed by atoms with E-state index in [1.54, 1.807) is 24.3 Å². The van der Waals surface area contributed by atoms with Crippen molar-refractivity contribution < 1.29 is 9.32 Å². The van der Waals surface area contributed by atoms with Crippen LogP contribution in [-0.4, -0.2) is 29.1 Å². The zero-order valence-electron chi connectivity index (χ0n) is 10.4. The molecule has 1 heterocycles. The largest absolute Gasteiger partial charge is 0.344 e. The molecule has 0 saturated heterocycles. The van der Waals surface area contributed by atoms with Gasteiger partial charge in [-0.05, 0) is 12.1 Å². The molecule has 2 rings (SSSR count). The predicted molar refractivity (Wildman–Crippen MR) is 75.1 cm³/mol. The van der Waals surface area contributed by atoms with E-state index in [1.807, 2.05) is 0 Å². The third kappa shape index (κ3) is 3.73. The Bertz CT molecular complexity index is 648. The van der Waals surface area contributed by atoms with Gasteiger partial charge in [-0.2, -0.15) is 4.98 Å². The van der Waals surface area contributed by atoms with Gasteiger partial charge in [0, 0.05) is 10.6 Å². The van der Waals surface area contributed by atoms with Crippen molar-refractivity contribution in [2.45, 2.75) is 0 Å². The SMILES string of the molecule is C#CCNC(=O)CNc1nc(-c2cccc(Cl)c2)no1. The molecule has 0 atom stereocenters. The Morgan fingerprint density at radius 2 is 2.35 bits per heavy atom. The first kappa shape index (κ1) is 13.9. The minimum Gasteiger partial charge on any atom is -0.344 e. The summed E-state index contributed by atoms with van der Waals surface area (Å²) in [4.78, 5) is 15.4. The van der Waals surface area contributed by atoms with Gasteiger partial charge in [-0.1, -0.05) is 34.8 Å². The number of carbonyl (C=O) groups excluding carboxylic acids is 1. The van der Waals surface area contributed by atoms with Crippen LogP contribution in [0, 0.1) is 12.3 Å². The number of anilines is 1. The van der Waals surface area contributed by atoms with Crippen molar-refractivity contribution in [3.05, 3.63) is 29.3 Å². The first-order chi connectivity index (χ1) is 9.69. The molecule has 0 spiro atoms. The molecule has 2 N–H and O–H groups in total.